The summed E-state index contributed by atoms with van der Waals surface area (Å²) < 4.78 is 29.1. The molecule has 0 amide bonds. The van der Waals surface area contributed by atoms with Crippen molar-refractivity contribution >= 4 is 21.8 Å². The minimum absolute atomic E-state index is 0.0932. The smallest absolute Gasteiger partial charge is 0.234 e. The standard InChI is InChI=1S/C17H22N4O2S/c1-20-14-17(12-18-20)21-10-5-8-16(13-21)19-24(22,23)11-9-15-6-3-2-4-7-15/h2-4,6-7,9,11-12,14,16,19H,5,8,10,13H2,1H3/b11-9+/t16-/m0/s1. The van der Waals surface area contributed by atoms with E-state index in [9.17, 15) is 8.42 Å². The fourth-order valence-electron chi connectivity index (χ4n) is 2.88. The third-order valence-corrected chi connectivity index (χ3v) is 5.20. The van der Waals surface area contributed by atoms with E-state index in [4.69, 9.17) is 0 Å². The van der Waals surface area contributed by atoms with Gasteiger partial charge in [-0.3, -0.25) is 4.68 Å². The van der Waals surface area contributed by atoms with Crippen molar-refractivity contribution in [2.75, 3.05) is 18.0 Å². The van der Waals surface area contributed by atoms with Crippen LogP contribution in [0.15, 0.2) is 48.1 Å². The number of hydrogen-bond donors (Lipinski definition) is 1. The SMILES string of the molecule is Cn1cc(N2CCC[C@H](NS(=O)(=O)/C=C/c3ccccc3)C2)cn1. The molecule has 6 nitrogen and oxygen atoms in total. The molecule has 7 heteroatoms. The number of piperidine rings is 1. The van der Waals surface area contributed by atoms with Gasteiger partial charge in [0.15, 0.2) is 0 Å². The molecule has 1 atom stereocenters. The number of sulfonamides is 1. The molecule has 0 spiro atoms. The predicted molar refractivity (Wildman–Crippen MR) is 96.0 cm³/mol. The normalized spacial score (nSPS) is 19.0. The summed E-state index contributed by atoms with van der Waals surface area (Å²) in [5.74, 6) is 0. The van der Waals surface area contributed by atoms with Crippen molar-refractivity contribution in [3.63, 3.8) is 0 Å². The Morgan fingerprint density at radius 1 is 1.29 bits per heavy atom. The molecule has 128 valence electrons. The molecular formula is C17H22N4O2S. The van der Waals surface area contributed by atoms with Gasteiger partial charge in [0.2, 0.25) is 10.0 Å². The van der Waals surface area contributed by atoms with Crippen molar-refractivity contribution in [2.24, 2.45) is 7.05 Å². The zero-order valence-corrected chi connectivity index (χ0v) is 14.5. The average Bonchev–Trinajstić information content (AvgIpc) is 3.01. The molecule has 1 saturated heterocycles. The van der Waals surface area contributed by atoms with Crippen LogP contribution in [-0.2, 0) is 17.1 Å². The van der Waals surface area contributed by atoms with Gasteiger partial charge in [0, 0.05) is 37.8 Å². The summed E-state index contributed by atoms with van der Waals surface area (Å²) >= 11 is 0. The highest BCUT2D eigenvalue weighted by Crippen LogP contribution is 2.19. The number of benzene rings is 1. The lowest BCUT2D eigenvalue weighted by Crippen LogP contribution is -2.47. The number of aromatic nitrogens is 2. The Bertz CT molecular complexity index is 799. The monoisotopic (exact) mass is 346 g/mol. The lowest BCUT2D eigenvalue weighted by atomic mass is 10.1. The molecule has 1 aromatic carbocycles. The lowest BCUT2D eigenvalue weighted by Gasteiger charge is -2.33. The summed E-state index contributed by atoms with van der Waals surface area (Å²) in [7, 11) is -1.58. The van der Waals surface area contributed by atoms with E-state index in [2.05, 4.69) is 14.7 Å². The maximum Gasteiger partial charge on any atom is 0.234 e. The molecule has 0 saturated carbocycles. The second-order valence-electron chi connectivity index (χ2n) is 6.03. The van der Waals surface area contributed by atoms with Crippen molar-refractivity contribution < 1.29 is 8.42 Å². The molecule has 1 aromatic heterocycles. The van der Waals surface area contributed by atoms with Crippen molar-refractivity contribution in [1.29, 1.82) is 0 Å². The van der Waals surface area contributed by atoms with Crippen LogP contribution in [0.25, 0.3) is 6.08 Å². The summed E-state index contributed by atoms with van der Waals surface area (Å²) in [5, 5.41) is 5.42. The summed E-state index contributed by atoms with van der Waals surface area (Å²) in [6.07, 6.45) is 7.17. The third-order valence-electron chi connectivity index (χ3n) is 4.05. The van der Waals surface area contributed by atoms with E-state index in [1.807, 2.05) is 49.8 Å². The van der Waals surface area contributed by atoms with Crippen LogP contribution < -0.4 is 9.62 Å². The van der Waals surface area contributed by atoms with Crippen molar-refractivity contribution in [2.45, 2.75) is 18.9 Å². The first-order chi connectivity index (χ1) is 11.5. The molecule has 2 heterocycles. The van der Waals surface area contributed by atoms with E-state index >= 15 is 0 Å². The van der Waals surface area contributed by atoms with Crippen LogP contribution in [0.3, 0.4) is 0 Å². The minimum atomic E-state index is -3.46. The molecule has 24 heavy (non-hydrogen) atoms. The number of anilines is 1. The average molecular weight is 346 g/mol. The van der Waals surface area contributed by atoms with Crippen LogP contribution in [0.4, 0.5) is 5.69 Å². The quantitative estimate of drug-likeness (QED) is 0.899. The second kappa shape index (κ2) is 7.19. The molecule has 0 unspecified atom stereocenters. The Morgan fingerprint density at radius 2 is 2.08 bits per heavy atom. The van der Waals surface area contributed by atoms with E-state index in [1.165, 1.54) is 5.41 Å². The first-order valence-corrected chi connectivity index (χ1v) is 9.55. The Labute approximate surface area is 142 Å². The Morgan fingerprint density at radius 3 is 2.79 bits per heavy atom. The van der Waals surface area contributed by atoms with E-state index in [-0.39, 0.29) is 6.04 Å². The van der Waals surface area contributed by atoms with Crippen molar-refractivity contribution in [3.05, 3.63) is 53.7 Å². The molecule has 1 aliphatic heterocycles. The maximum absolute atomic E-state index is 12.3. The number of rotatable bonds is 5. The molecular weight excluding hydrogens is 324 g/mol. The summed E-state index contributed by atoms with van der Waals surface area (Å²) in [6, 6.07) is 9.32. The Hall–Kier alpha value is -2.12. The van der Waals surface area contributed by atoms with Gasteiger partial charge in [-0.05, 0) is 24.5 Å². The first kappa shape index (κ1) is 16.7. The fourth-order valence-corrected chi connectivity index (χ4v) is 3.96. The molecule has 1 fully saturated rings. The zero-order chi connectivity index (χ0) is 17.0. The van der Waals surface area contributed by atoms with E-state index in [1.54, 1.807) is 10.8 Å². The second-order valence-corrected chi connectivity index (χ2v) is 7.63. The molecule has 0 radical (unpaired) electrons. The maximum atomic E-state index is 12.3. The van der Waals surface area contributed by atoms with Crippen LogP contribution in [-0.4, -0.2) is 37.3 Å². The van der Waals surface area contributed by atoms with Crippen LogP contribution in [0, 0.1) is 0 Å². The van der Waals surface area contributed by atoms with Gasteiger partial charge in [-0.1, -0.05) is 30.3 Å². The van der Waals surface area contributed by atoms with E-state index in [0.717, 1.165) is 30.6 Å². The topological polar surface area (TPSA) is 67.2 Å². The van der Waals surface area contributed by atoms with Gasteiger partial charge in [0.25, 0.3) is 0 Å². The highest BCUT2D eigenvalue weighted by molar-refractivity contribution is 7.92. The van der Waals surface area contributed by atoms with Crippen LogP contribution in [0.5, 0.6) is 0 Å². The molecule has 2 aromatic rings. The van der Waals surface area contributed by atoms with Crippen molar-refractivity contribution in [3.8, 4) is 0 Å². The first-order valence-electron chi connectivity index (χ1n) is 8.01. The van der Waals surface area contributed by atoms with Crippen LogP contribution in [0.2, 0.25) is 0 Å². The minimum Gasteiger partial charge on any atom is -0.367 e. The van der Waals surface area contributed by atoms with E-state index < -0.39 is 10.0 Å². The van der Waals surface area contributed by atoms with Crippen LogP contribution in [0.1, 0.15) is 18.4 Å². The summed E-state index contributed by atoms with van der Waals surface area (Å²) in [4.78, 5) is 2.17. The molecule has 1 N–H and O–H groups in total. The Kier molecular flexibility index (Phi) is 5.01. The van der Waals surface area contributed by atoms with Gasteiger partial charge in [-0.25, -0.2) is 13.1 Å². The highest BCUT2D eigenvalue weighted by Gasteiger charge is 2.23. The third kappa shape index (κ3) is 4.46. The number of nitrogens with zero attached hydrogens (tertiary/aromatic N) is 3. The number of nitrogens with one attached hydrogen (secondary N) is 1. The van der Waals surface area contributed by atoms with Gasteiger partial charge in [-0.2, -0.15) is 5.10 Å². The van der Waals surface area contributed by atoms with Gasteiger partial charge >= 0.3 is 0 Å². The molecule has 0 bridgehead atoms. The fraction of sp³-hybridized carbons (Fsp3) is 0.353. The number of aryl methyl sites for hydroxylation is 1. The highest BCUT2D eigenvalue weighted by atomic mass is 32.2. The molecule has 1 aliphatic rings. The predicted octanol–water partition coefficient (Wildman–Crippen LogP) is 1.98. The molecule has 0 aliphatic carbocycles. The summed E-state index contributed by atoms with van der Waals surface area (Å²) in [5.41, 5.74) is 1.89. The summed E-state index contributed by atoms with van der Waals surface area (Å²) in [6.45, 7) is 1.58. The van der Waals surface area contributed by atoms with Gasteiger partial charge in [-0.15, -0.1) is 0 Å². The Balaban J connectivity index is 1.63. The van der Waals surface area contributed by atoms with Gasteiger partial charge in [0.1, 0.15) is 0 Å². The van der Waals surface area contributed by atoms with Gasteiger partial charge < -0.3 is 4.90 Å². The number of hydrogen-bond acceptors (Lipinski definition) is 4. The van der Waals surface area contributed by atoms with Crippen molar-refractivity contribution in [1.82, 2.24) is 14.5 Å². The molecule has 3 rings (SSSR count). The van der Waals surface area contributed by atoms with E-state index in [0.29, 0.717) is 6.54 Å². The van der Waals surface area contributed by atoms with Gasteiger partial charge in [0.05, 0.1) is 11.9 Å². The lowest BCUT2D eigenvalue weighted by molar-refractivity contribution is 0.468. The largest absolute Gasteiger partial charge is 0.367 e. The van der Waals surface area contributed by atoms with Crippen LogP contribution >= 0.6 is 0 Å². The zero-order valence-electron chi connectivity index (χ0n) is 13.7.